The first-order valence-corrected chi connectivity index (χ1v) is 3.72. The largest absolute Gasteiger partial charge is 0.409 e. The molecule has 5 nitrogen and oxygen atoms in total. The number of nitrogens with zero attached hydrogens (tertiary/aromatic N) is 2. The van der Waals surface area contributed by atoms with Crippen LogP contribution in [0.4, 0.5) is 0 Å². The molecule has 0 radical (unpaired) electrons. The molecule has 0 spiro atoms. The van der Waals surface area contributed by atoms with Crippen LogP contribution in [-0.4, -0.2) is 21.2 Å². The van der Waals surface area contributed by atoms with E-state index in [1.165, 1.54) is 0 Å². The van der Waals surface area contributed by atoms with Gasteiger partial charge in [0.05, 0.1) is 11.7 Å². The lowest BCUT2D eigenvalue weighted by atomic mass is 10.1. The molecule has 1 aromatic carbocycles. The molecule has 0 unspecified atom stereocenters. The van der Waals surface area contributed by atoms with Gasteiger partial charge in [-0.05, 0) is 6.07 Å². The van der Waals surface area contributed by atoms with E-state index in [1.54, 1.807) is 18.3 Å². The lowest BCUT2D eigenvalue weighted by molar-refractivity contribution is 0.318. The summed E-state index contributed by atoms with van der Waals surface area (Å²) >= 11 is 0. The van der Waals surface area contributed by atoms with E-state index in [1.807, 2.05) is 6.07 Å². The van der Waals surface area contributed by atoms with Gasteiger partial charge in [-0.3, -0.25) is 5.10 Å². The summed E-state index contributed by atoms with van der Waals surface area (Å²) < 4.78 is 0. The molecule has 2 rings (SSSR count). The number of nitrogens with one attached hydrogen (secondary N) is 1. The van der Waals surface area contributed by atoms with E-state index in [0.717, 1.165) is 10.9 Å². The SMILES string of the molecule is N/C(=N\O)c1ccc2cn[nH]c2c1. The summed E-state index contributed by atoms with van der Waals surface area (Å²) in [5.74, 6) is 0.0940. The predicted octanol–water partition coefficient (Wildman–Crippen LogP) is 0.657. The maximum atomic E-state index is 8.45. The molecule has 5 heteroatoms. The Labute approximate surface area is 73.9 Å². The first kappa shape index (κ1) is 7.60. The van der Waals surface area contributed by atoms with E-state index in [4.69, 9.17) is 10.9 Å². The molecule has 0 bridgehead atoms. The Balaban J connectivity index is 2.60. The molecule has 0 saturated carbocycles. The van der Waals surface area contributed by atoms with Crippen LogP contribution in [0.25, 0.3) is 10.9 Å². The number of hydrogen-bond acceptors (Lipinski definition) is 3. The number of rotatable bonds is 1. The fraction of sp³-hybridized carbons (Fsp3) is 0. The first-order chi connectivity index (χ1) is 6.31. The molecule has 1 aromatic heterocycles. The van der Waals surface area contributed by atoms with Crippen molar-refractivity contribution in [2.24, 2.45) is 10.9 Å². The molecule has 0 amide bonds. The van der Waals surface area contributed by atoms with Gasteiger partial charge >= 0.3 is 0 Å². The highest BCUT2D eigenvalue weighted by molar-refractivity contribution is 5.99. The van der Waals surface area contributed by atoms with Crippen molar-refractivity contribution >= 4 is 16.7 Å². The predicted molar refractivity (Wildman–Crippen MR) is 48.6 cm³/mol. The van der Waals surface area contributed by atoms with E-state index >= 15 is 0 Å². The lowest BCUT2D eigenvalue weighted by Gasteiger charge is -1.97. The Morgan fingerprint density at radius 2 is 2.38 bits per heavy atom. The van der Waals surface area contributed by atoms with Crippen LogP contribution in [0.5, 0.6) is 0 Å². The number of amidine groups is 1. The van der Waals surface area contributed by atoms with Gasteiger partial charge < -0.3 is 10.9 Å². The van der Waals surface area contributed by atoms with Crippen molar-refractivity contribution < 1.29 is 5.21 Å². The smallest absolute Gasteiger partial charge is 0.170 e. The highest BCUT2D eigenvalue weighted by Gasteiger charge is 2.01. The molecular formula is C8H8N4O. The van der Waals surface area contributed by atoms with E-state index in [2.05, 4.69) is 15.4 Å². The van der Waals surface area contributed by atoms with Crippen LogP contribution in [0, 0.1) is 0 Å². The normalized spacial score (nSPS) is 12.2. The lowest BCUT2D eigenvalue weighted by Crippen LogP contribution is -2.12. The van der Waals surface area contributed by atoms with E-state index in [0.29, 0.717) is 5.56 Å². The van der Waals surface area contributed by atoms with Crippen LogP contribution in [0.1, 0.15) is 5.56 Å². The molecule has 0 saturated heterocycles. The number of aromatic amines is 1. The van der Waals surface area contributed by atoms with Gasteiger partial charge in [0.25, 0.3) is 0 Å². The Hall–Kier alpha value is -2.04. The number of aromatic nitrogens is 2. The van der Waals surface area contributed by atoms with Crippen LogP contribution in [0.3, 0.4) is 0 Å². The number of fused-ring (bicyclic) bond motifs is 1. The number of nitrogens with two attached hydrogens (primary N) is 1. The molecular weight excluding hydrogens is 168 g/mol. The van der Waals surface area contributed by atoms with Crippen molar-refractivity contribution in [1.29, 1.82) is 0 Å². The highest BCUT2D eigenvalue weighted by Crippen LogP contribution is 2.12. The number of H-pyrrole nitrogens is 1. The molecule has 0 aliphatic heterocycles. The standard InChI is InChI=1S/C8H8N4O/c9-8(12-13)5-1-2-6-4-10-11-7(6)3-5/h1-4,13H,(H2,9,12)(H,10,11). The van der Waals surface area contributed by atoms with Gasteiger partial charge in [0.15, 0.2) is 5.84 Å². The summed E-state index contributed by atoms with van der Waals surface area (Å²) in [4.78, 5) is 0. The number of benzene rings is 1. The highest BCUT2D eigenvalue weighted by atomic mass is 16.4. The molecule has 1 heterocycles. The van der Waals surface area contributed by atoms with Crippen molar-refractivity contribution in [3.05, 3.63) is 30.0 Å². The quantitative estimate of drug-likeness (QED) is 0.258. The summed E-state index contributed by atoms with van der Waals surface area (Å²) in [7, 11) is 0. The van der Waals surface area contributed by atoms with Crippen LogP contribution < -0.4 is 5.73 Å². The summed E-state index contributed by atoms with van der Waals surface area (Å²) in [6.45, 7) is 0. The minimum Gasteiger partial charge on any atom is -0.409 e. The maximum Gasteiger partial charge on any atom is 0.170 e. The van der Waals surface area contributed by atoms with Gasteiger partial charge in [-0.25, -0.2) is 0 Å². The van der Waals surface area contributed by atoms with Gasteiger partial charge in [-0.2, -0.15) is 5.10 Å². The van der Waals surface area contributed by atoms with E-state index < -0.39 is 0 Å². The zero-order chi connectivity index (χ0) is 9.26. The first-order valence-electron chi connectivity index (χ1n) is 3.72. The zero-order valence-corrected chi connectivity index (χ0v) is 6.73. The number of oxime groups is 1. The molecule has 4 N–H and O–H groups in total. The second kappa shape index (κ2) is 2.78. The van der Waals surface area contributed by atoms with Crippen LogP contribution >= 0.6 is 0 Å². The van der Waals surface area contributed by atoms with Crippen LogP contribution in [-0.2, 0) is 0 Å². The van der Waals surface area contributed by atoms with Crippen molar-refractivity contribution in [2.45, 2.75) is 0 Å². The monoisotopic (exact) mass is 176 g/mol. The van der Waals surface area contributed by atoms with Gasteiger partial charge in [0.1, 0.15) is 0 Å². The molecule has 2 aromatic rings. The minimum absolute atomic E-state index is 0.0940. The fourth-order valence-corrected chi connectivity index (χ4v) is 1.15. The molecule has 0 atom stereocenters. The van der Waals surface area contributed by atoms with Gasteiger partial charge in [0, 0.05) is 10.9 Å². The Bertz CT molecular complexity index is 460. The Morgan fingerprint density at radius 1 is 1.54 bits per heavy atom. The summed E-state index contributed by atoms with van der Waals surface area (Å²) in [6.07, 6.45) is 1.71. The van der Waals surface area contributed by atoms with Crippen molar-refractivity contribution in [3.8, 4) is 0 Å². The summed E-state index contributed by atoms with van der Waals surface area (Å²) in [5, 5.41) is 19.0. The van der Waals surface area contributed by atoms with Gasteiger partial charge in [-0.1, -0.05) is 17.3 Å². The van der Waals surface area contributed by atoms with E-state index in [-0.39, 0.29) is 5.84 Å². The topological polar surface area (TPSA) is 87.3 Å². The molecule has 66 valence electrons. The van der Waals surface area contributed by atoms with Crippen molar-refractivity contribution in [1.82, 2.24) is 10.2 Å². The summed E-state index contributed by atoms with van der Waals surface area (Å²) in [5.41, 5.74) is 6.95. The molecule has 0 fully saturated rings. The third kappa shape index (κ3) is 1.20. The van der Waals surface area contributed by atoms with Crippen molar-refractivity contribution in [3.63, 3.8) is 0 Å². The zero-order valence-electron chi connectivity index (χ0n) is 6.73. The van der Waals surface area contributed by atoms with Gasteiger partial charge in [0.2, 0.25) is 0 Å². The Morgan fingerprint density at radius 3 is 3.15 bits per heavy atom. The maximum absolute atomic E-state index is 8.45. The molecule has 0 aliphatic carbocycles. The number of hydrogen-bond donors (Lipinski definition) is 3. The second-order valence-corrected chi connectivity index (χ2v) is 2.66. The third-order valence-electron chi connectivity index (χ3n) is 1.85. The van der Waals surface area contributed by atoms with Gasteiger partial charge in [-0.15, -0.1) is 0 Å². The second-order valence-electron chi connectivity index (χ2n) is 2.66. The van der Waals surface area contributed by atoms with Crippen LogP contribution in [0.2, 0.25) is 0 Å². The molecule has 13 heavy (non-hydrogen) atoms. The Kier molecular flexibility index (Phi) is 1.63. The average molecular weight is 176 g/mol. The van der Waals surface area contributed by atoms with Crippen LogP contribution in [0.15, 0.2) is 29.6 Å². The van der Waals surface area contributed by atoms with E-state index in [9.17, 15) is 0 Å². The summed E-state index contributed by atoms with van der Waals surface area (Å²) in [6, 6.07) is 5.40. The minimum atomic E-state index is 0.0940. The third-order valence-corrected chi connectivity index (χ3v) is 1.85. The fourth-order valence-electron chi connectivity index (χ4n) is 1.15. The molecule has 0 aliphatic rings. The van der Waals surface area contributed by atoms with Crippen molar-refractivity contribution in [2.75, 3.05) is 0 Å². The average Bonchev–Trinajstić information content (AvgIpc) is 2.63.